The number of fused-ring (bicyclic) bond motifs is 2. The van der Waals surface area contributed by atoms with Crippen molar-refractivity contribution in [2.45, 2.75) is 28.9 Å². The summed E-state index contributed by atoms with van der Waals surface area (Å²) in [4.78, 5) is 1.67. The third-order valence-electron chi connectivity index (χ3n) is 3.97. The van der Waals surface area contributed by atoms with Crippen molar-refractivity contribution in [3.8, 4) is 0 Å². The highest BCUT2D eigenvalue weighted by Crippen LogP contribution is 2.66. The molecule has 0 saturated heterocycles. The van der Waals surface area contributed by atoms with E-state index in [9.17, 15) is 0 Å². The second-order valence-electron chi connectivity index (χ2n) is 4.34. The van der Waals surface area contributed by atoms with Gasteiger partial charge in [0, 0.05) is 9.65 Å². The molecular formula is C9H12Br2. The third kappa shape index (κ3) is 0.861. The van der Waals surface area contributed by atoms with E-state index in [1.165, 1.54) is 19.3 Å². The highest BCUT2D eigenvalue weighted by atomic mass is 79.9. The Kier molecular flexibility index (Phi) is 1.51. The maximum Gasteiger partial charge on any atom is 0.0218 e. The summed E-state index contributed by atoms with van der Waals surface area (Å²) in [6.45, 7) is 0. The van der Waals surface area contributed by atoms with Crippen molar-refractivity contribution >= 4 is 31.9 Å². The first-order chi connectivity index (χ1) is 5.29. The number of hydrogen-bond donors (Lipinski definition) is 0. The maximum absolute atomic E-state index is 3.86. The first-order valence-electron chi connectivity index (χ1n) is 4.57. The van der Waals surface area contributed by atoms with Crippen LogP contribution in [0.3, 0.4) is 0 Å². The smallest absolute Gasteiger partial charge is 0.0218 e. The van der Waals surface area contributed by atoms with Gasteiger partial charge in [0.05, 0.1) is 0 Å². The first-order valence-corrected chi connectivity index (χ1v) is 6.40. The minimum atomic E-state index is 0.820. The molecule has 0 nitrogen and oxygen atoms in total. The molecule has 2 heteroatoms. The van der Waals surface area contributed by atoms with E-state index in [-0.39, 0.29) is 0 Å². The van der Waals surface area contributed by atoms with Crippen LogP contribution >= 0.6 is 31.9 Å². The molecule has 0 N–H and O–H groups in total. The molecule has 3 saturated carbocycles. The van der Waals surface area contributed by atoms with E-state index in [2.05, 4.69) is 31.9 Å². The molecule has 62 valence electrons. The zero-order valence-electron chi connectivity index (χ0n) is 6.34. The highest BCUT2D eigenvalue weighted by Gasteiger charge is 2.62. The van der Waals surface area contributed by atoms with Gasteiger partial charge in [-0.2, -0.15) is 0 Å². The van der Waals surface area contributed by atoms with Gasteiger partial charge in [-0.25, -0.2) is 0 Å². The van der Waals surface area contributed by atoms with Crippen LogP contribution in [0.1, 0.15) is 19.3 Å². The van der Waals surface area contributed by atoms with Crippen LogP contribution in [0.25, 0.3) is 0 Å². The van der Waals surface area contributed by atoms with E-state index in [0.29, 0.717) is 0 Å². The molecule has 0 aliphatic heterocycles. The molecule has 2 bridgehead atoms. The Morgan fingerprint density at radius 3 is 2.45 bits per heavy atom. The number of rotatable bonds is 0. The molecule has 11 heavy (non-hydrogen) atoms. The number of halogens is 2. The fourth-order valence-corrected chi connectivity index (χ4v) is 6.18. The Hall–Kier alpha value is 0.960. The van der Waals surface area contributed by atoms with Crippen molar-refractivity contribution in [2.75, 3.05) is 0 Å². The van der Waals surface area contributed by atoms with Crippen molar-refractivity contribution in [1.29, 1.82) is 0 Å². The second kappa shape index (κ2) is 2.25. The van der Waals surface area contributed by atoms with Crippen molar-refractivity contribution < 1.29 is 0 Å². The van der Waals surface area contributed by atoms with Crippen LogP contribution in [-0.4, -0.2) is 9.65 Å². The normalized spacial score (nSPS) is 66.0. The lowest BCUT2D eigenvalue weighted by Gasteiger charge is -2.32. The minimum absolute atomic E-state index is 0.820. The largest absolute Gasteiger partial charge is 0.0887 e. The zero-order valence-corrected chi connectivity index (χ0v) is 9.51. The van der Waals surface area contributed by atoms with Gasteiger partial charge in [-0.05, 0) is 42.9 Å². The van der Waals surface area contributed by atoms with Gasteiger partial charge in [-0.1, -0.05) is 31.9 Å². The Morgan fingerprint density at radius 2 is 1.64 bits per heavy atom. The number of alkyl halides is 2. The summed E-state index contributed by atoms with van der Waals surface area (Å²) in [7, 11) is 0. The molecule has 1 unspecified atom stereocenters. The Labute approximate surface area is 84.4 Å². The zero-order chi connectivity index (χ0) is 7.59. The van der Waals surface area contributed by atoms with Crippen LogP contribution in [0.5, 0.6) is 0 Å². The van der Waals surface area contributed by atoms with Gasteiger partial charge in [-0.15, -0.1) is 0 Å². The van der Waals surface area contributed by atoms with Gasteiger partial charge in [0.15, 0.2) is 0 Å². The van der Waals surface area contributed by atoms with Gasteiger partial charge < -0.3 is 0 Å². The number of hydrogen-bond acceptors (Lipinski definition) is 0. The Morgan fingerprint density at radius 1 is 0.909 bits per heavy atom. The second-order valence-corrected chi connectivity index (χ2v) is 6.58. The van der Waals surface area contributed by atoms with Crippen molar-refractivity contribution in [2.24, 2.45) is 23.7 Å². The Bertz CT molecular complexity index is 192. The minimum Gasteiger partial charge on any atom is -0.0887 e. The van der Waals surface area contributed by atoms with Gasteiger partial charge in [0.25, 0.3) is 0 Å². The van der Waals surface area contributed by atoms with Crippen LogP contribution in [0.2, 0.25) is 0 Å². The molecule has 3 rings (SSSR count). The molecule has 3 fully saturated rings. The van der Waals surface area contributed by atoms with Crippen LogP contribution in [-0.2, 0) is 0 Å². The van der Waals surface area contributed by atoms with E-state index in [4.69, 9.17) is 0 Å². The average Bonchev–Trinajstić information content (AvgIpc) is 2.64. The van der Waals surface area contributed by atoms with E-state index < -0.39 is 0 Å². The van der Waals surface area contributed by atoms with E-state index in [1.54, 1.807) is 0 Å². The van der Waals surface area contributed by atoms with Crippen molar-refractivity contribution in [3.05, 3.63) is 0 Å². The summed E-state index contributed by atoms with van der Waals surface area (Å²) < 4.78 is 0. The summed E-state index contributed by atoms with van der Waals surface area (Å²) in [5.74, 6) is 4.21. The SMILES string of the molecule is BrC1[C@H]2[C@@H]3C[C@@H](Br)[C@@H]1CC[C@@H]32. The third-order valence-corrected chi connectivity index (χ3v) is 6.31. The van der Waals surface area contributed by atoms with E-state index in [0.717, 1.165) is 33.3 Å². The van der Waals surface area contributed by atoms with Gasteiger partial charge in [0.2, 0.25) is 0 Å². The monoisotopic (exact) mass is 278 g/mol. The maximum atomic E-state index is 3.86. The lowest BCUT2D eigenvalue weighted by Crippen LogP contribution is -2.32. The predicted molar refractivity (Wildman–Crippen MR) is 53.2 cm³/mol. The average molecular weight is 280 g/mol. The lowest BCUT2D eigenvalue weighted by atomic mass is 9.84. The van der Waals surface area contributed by atoms with Gasteiger partial charge >= 0.3 is 0 Å². The predicted octanol–water partition coefficient (Wildman–Crippen LogP) is 3.19. The molecule has 0 radical (unpaired) electrons. The molecule has 0 aromatic rings. The molecule has 0 amide bonds. The molecule has 0 aromatic heterocycles. The molecule has 0 heterocycles. The molecule has 0 spiro atoms. The topological polar surface area (TPSA) is 0 Å². The fraction of sp³-hybridized carbons (Fsp3) is 1.00. The fourth-order valence-electron chi connectivity index (χ4n) is 3.33. The van der Waals surface area contributed by atoms with Crippen LogP contribution in [0.4, 0.5) is 0 Å². The molecule has 0 aromatic carbocycles. The van der Waals surface area contributed by atoms with Gasteiger partial charge in [-0.3, -0.25) is 0 Å². The molecule has 6 atom stereocenters. The standard InChI is InChI=1S/C9H12Br2/c10-7-3-6-4-1-2-5(7)9(11)8(4)6/h4-9H,1-3H2/t4-,5-,6+,7+,8+,9?/m0/s1. The van der Waals surface area contributed by atoms with Crippen molar-refractivity contribution in [3.63, 3.8) is 0 Å². The highest BCUT2D eigenvalue weighted by molar-refractivity contribution is 9.10. The first kappa shape index (κ1) is 7.37. The van der Waals surface area contributed by atoms with Crippen LogP contribution in [0.15, 0.2) is 0 Å². The summed E-state index contributed by atoms with van der Waals surface area (Å²) in [6, 6.07) is 0. The summed E-state index contributed by atoms with van der Waals surface area (Å²) in [6.07, 6.45) is 4.44. The molecular weight excluding hydrogens is 268 g/mol. The van der Waals surface area contributed by atoms with E-state index in [1.807, 2.05) is 0 Å². The lowest BCUT2D eigenvalue weighted by molar-refractivity contribution is 0.332. The summed E-state index contributed by atoms with van der Waals surface area (Å²) in [5.41, 5.74) is 0. The van der Waals surface area contributed by atoms with Crippen LogP contribution in [0, 0.1) is 23.7 Å². The van der Waals surface area contributed by atoms with Crippen LogP contribution < -0.4 is 0 Å². The molecule has 3 aliphatic rings. The summed E-state index contributed by atoms with van der Waals surface area (Å²) in [5, 5.41) is 0. The van der Waals surface area contributed by atoms with Crippen molar-refractivity contribution in [1.82, 2.24) is 0 Å². The van der Waals surface area contributed by atoms with E-state index >= 15 is 0 Å². The Balaban J connectivity index is 1.93. The van der Waals surface area contributed by atoms with Gasteiger partial charge in [0.1, 0.15) is 0 Å². The summed E-state index contributed by atoms with van der Waals surface area (Å²) >= 11 is 7.68. The quantitative estimate of drug-likeness (QED) is 0.598. The molecule has 3 aliphatic carbocycles.